The van der Waals surface area contributed by atoms with E-state index in [4.69, 9.17) is 4.55 Å². The molecule has 0 aliphatic carbocycles. The first-order valence-corrected chi connectivity index (χ1v) is 9.14. The van der Waals surface area contributed by atoms with E-state index in [1.807, 2.05) is 0 Å². The van der Waals surface area contributed by atoms with Crippen LogP contribution < -0.4 is 0 Å². The van der Waals surface area contributed by atoms with Crippen molar-refractivity contribution in [3.8, 4) is 0 Å². The number of carbonyl (C=O) groups is 1. The lowest BCUT2D eigenvalue weighted by molar-refractivity contribution is -0.436. The Labute approximate surface area is 164 Å². The molecule has 0 atom stereocenters. The summed E-state index contributed by atoms with van der Waals surface area (Å²) >= 11 is 0. The van der Waals surface area contributed by atoms with Crippen molar-refractivity contribution in [2.75, 3.05) is 18.8 Å². The molecule has 19 heteroatoms. The van der Waals surface area contributed by atoms with Gasteiger partial charge in [0.2, 0.25) is 0 Å². The van der Waals surface area contributed by atoms with Crippen LogP contribution in [0.5, 0.6) is 0 Å². The van der Waals surface area contributed by atoms with Gasteiger partial charge in [0.1, 0.15) is 0 Å². The number of rotatable bonds is 10. The largest absolute Gasteiger partial charge is 0.460 e. The van der Waals surface area contributed by atoms with Crippen molar-refractivity contribution in [3.63, 3.8) is 0 Å². The van der Waals surface area contributed by atoms with Crippen LogP contribution in [0.1, 0.15) is 13.3 Å². The van der Waals surface area contributed by atoms with Gasteiger partial charge in [0.05, 0.1) is 5.75 Å². The van der Waals surface area contributed by atoms with Gasteiger partial charge in [-0.15, -0.1) is 0 Å². The van der Waals surface area contributed by atoms with E-state index >= 15 is 0 Å². The third-order valence-electron chi connectivity index (χ3n) is 3.70. The number of halogens is 13. The zero-order chi connectivity index (χ0) is 25.5. The molecular formula is C12H12F13NO4S. The Hall–Kier alpha value is -1.53. The van der Waals surface area contributed by atoms with E-state index in [2.05, 4.69) is 0 Å². The van der Waals surface area contributed by atoms with E-state index < -0.39 is 82.0 Å². The Morgan fingerprint density at radius 3 is 1.48 bits per heavy atom. The molecule has 0 aliphatic heterocycles. The van der Waals surface area contributed by atoms with Crippen molar-refractivity contribution >= 4 is 16.0 Å². The molecule has 0 fully saturated rings. The third kappa shape index (κ3) is 5.11. The van der Waals surface area contributed by atoms with Gasteiger partial charge in [-0.25, -0.2) is 0 Å². The second-order valence-electron chi connectivity index (χ2n) is 5.89. The first kappa shape index (κ1) is 29.5. The Morgan fingerprint density at radius 1 is 0.774 bits per heavy atom. The van der Waals surface area contributed by atoms with Crippen LogP contribution in [0, 0.1) is 0 Å². The maximum atomic E-state index is 13.8. The highest BCUT2D eigenvalue weighted by atomic mass is 32.2. The fourth-order valence-electron chi connectivity index (χ4n) is 1.94. The molecule has 0 aliphatic rings. The van der Waals surface area contributed by atoms with E-state index in [1.54, 1.807) is 0 Å². The lowest BCUT2D eigenvalue weighted by Crippen LogP contribution is -2.72. The molecule has 0 spiro atoms. The molecule has 0 saturated carbocycles. The minimum atomic E-state index is -8.13. The van der Waals surface area contributed by atoms with Gasteiger partial charge in [-0.05, 0) is 13.3 Å². The van der Waals surface area contributed by atoms with E-state index in [9.17, 15) is 70.3 Å². The van der Waals surface area contributed by atoms with Gasteiger partial charge in [-0.2, -0.15) is 65.5 Å². The Morgan fingerprint density at radius 2 is 1.16 bits per heavy atom. The number of carbonyl (C=O) groups excluding carboxylic acids is 1. The van der Waals surface area contributed by atoms with Gasteiger partial charge in [0.15, 0.2) is 0 Å². The van der Waals surface area contributed by atoms with Gasteiger partial charge in [0, 0.05) is 13.1 Å². The summed E-state index contributed by atoms with van der Waals surface area (Å²) < 4.78 is 198. The molecule has 186 valence electrons. The van der Waals surface area contributed by atoms with E-state index in [-0.39, 0.29) is 0 Å². The van der Waals surface area contributed by atoms with Gasteiger partial charge in [0.25, 0.3) is 16.0 Å². The number of hydrogen-bond donors (Lipinski definition) is 1. The molecule has 0 aromatic carbocycles. The maximum absolute atomic E-state index is 13.8. The van der Waals surface area contributed by atoms with Gasteiger partial charge in [-0.3, -0.25) is 9.35 Å². The molecule has 0 bridgehead atoms. The van der Waals surface area contributed by atoms with Crippen molar-refractivity contribution in [2.45, 2.75) is 49.1 Å². The van der Waals surface area contributed by atoms with Crippen molar-refractivity contribution in [2.24, 2.45) is 0 Å². The average molecular weight is 513 g/mol. The zero-order valence-corrected chi connectivity index (χ0v) is 15.6. The van der Waals surface area contributed by atoms with Crippen molar-refractivity contribution < 1.29 is 74.8 Å². The fraction of sp³-hybridized carbons (Fsp3) is 0.917. The summed E-state index contributed by atoms with van der Waals surface area (Å²) in [4.78, 5) is 11.0. The lowest BCUT2D eigenvalue weighted by atomic mass is 9.93. The quantitative estimate of drug-likeness (QED) is 0.356. The van der Waals surface area contributed by atoms with Gasteiger partial charge in [-0.1, -0.05) is 0 Å². The standard InChI is InChI=1S/C12H12F13NO4S/c1-2-26(4-3-5-31(28,29)30)6(27)7(13,14)8(15,16)9(17,18)10(19,20)11(21,22)12(23,24)25/h2-5H2,1H3,(H,28,29,30). The summed E-state index contributed by atoms with van der Waals surface area (Å²) in [5, 5.41) is 0. The third-order valence-corrected chi connectivity index (χ3v) is 4.51. The summed E-state index contributed by atoms with van der Waals surface area (Å²) in [7, 11) is -4.77. The number of hydrogen-bond acceptors (Lipinski definition) is 3. The van der Waals surface area contributed by atoms with E-state index in [0.29, 0.717) is 0 Å². The van der Waals surface area contributed by atoms with Crippen molar-refractivity contribution in [3.05, 3.63) is 0 Å². The summed E-state index contributed by atoms with van der Waals surface area (Å²) in [6.45, 7) is -1.61. The lowest BCUT2D eigenvalue weighted by Gasteiger charge is -2.40. The highest BCUT2D eigenvalue weighted by molar-refractivity contribution is 7.85. The minimum Gasteiger partial charge on any atom is -0.338 e. The minimum absolute atomic E-state index is 0.491. The number of alkyl halides is 13. The van der Waals surface area contributed by atoms with Crippen LogP contribution in [0.4, 0.5) is 57.1 Å². The molecular weight excluding hydrogens is 501 g/mol. The Bertz CT molecular complexity index is 763. The van der Waals surface area contributed by atoms with Crippen LogP contribution in [0.2, 0.25) is 0 Å². The predicted octanol–water partition coefficient (Wildman–Crippen LogP) is 3.85. The summed E-state index contributed by atoms with van der Waals surface area (Å²) in [5.74, 6) is -43.5. The highest BCUT2D eigenvalue weighted by Gasteiger charge is 2.91. The molecule has 0 aromatic heterocycles. The molecule has 0 aromatic rings. The summed E-state index contributed by atoms with van der Waals surface area (Å²) in [6.07, 6.45) is -8.53. The smallest absolute Gasteiger partial charge is 0.338 e. The van der Waals surface area contributed by atoms with Gasteiger partial charge < -0.3 is 4.90 Å². The van der Waals surface area contributed by atoms with Crippen molar-refractivity contribution in [1.82, 2.24) is 4.90 Å². The van der Waals surface area contributed by atoms with Crippen LogP contribution in [0.15, 0.2) is 0 Å². The van der Waals surface area contributed by atoms with Gasteiger partial charge >= 0.3 is 35.8 Å². The monoisotopic (exact) mass is 513 g/mol. The zero-order valence-electron chi connectivity index (χ0n) is 14.8. The number of amides is 1. The fourth-order valence-corrected chi connectivity index (χ4v) is 2.44. The van der Waals surface area contributed by atoms with Crippen LogP contribution in [-0.4, -0.2) is 78.4 Å². The number of nitrogens with zero attached hydrogens (tertiary/aromatic N) is 1. The topological polar surface area (TPSA) is 74.7 Å². The average Bonchev–Trinajstić information content (AvgIpc) is 2.55. The Kier molecular flexibility index (Phi) is 8.02. The molecule has 0 rings (SSSR count). The molecule has 0 unspecified atom stereocenters. The molecule has 1 amide bonds. The second kappa shape index (κ2) is 8.43. The summed E-state index contributed by atoms with van der Waals surface area (Å²) in [6, 6.07) is 0. The highest BCUT2D eigenvalue weighted by Crippen LogP contribution is 2.60. The molecule has 0 saturated heterocycles. The van der Waals surface area contributed by atoms with Crippen LogP contribution >= 0.6 is 0 Å². The van der Waals surface area contributed by atoms with Crippen LogP contribution in [-0.2, 0) is 14.9 Å². The molecule has 31 heavy (non-hydrogen) atoms. The maximum Gasteiger partial charge on any atom is 0.460 e. The first-order chi connectivity index (χ1) is 13.3. The Balaban J connectivity index is 6.16. The molecule has 0 radical (unpaired) electrons. The SMILES string of the molecule is CCN(CCCS(=O)(=O)O)C(=O)C(F)(F)C(F)(F)C(F)(F)C(F)(F)C(F)(F)C(F)(F)F. The molecule has 1 N–H and O–H groups in total. The molecule has 0 heterocycles. The van der Waals surface area contributed by atoms with Crippen LogP contribution in [0.3, 0.4) is 0 Å². The second-order valence-corrected chi connectivity index (χ2v) is 7.47. The first-order valence-electron chi connectivity index (χ1n) is 7.53. The summed E-state index contributed by atoms with van der Waals surface area (Å²) in [5.41, 5.74) is 0. The predicted molar refractivity (Wildman–Crippen MR) is 74.1 cm³/mol. The molecule has 5 nitrogen and oxygen atoms in total. The van der Waals surface area contributed by atoms with E-state index in [1.165, 1.54) is 0 Å². The van der Waals surface area contributed by atoms with Crippen molar-refractivity contribution in [1.29, 1.82) is 0 Å². The normalized spacial score (nSPS) is 15.2. The van der Waals surface area contributed by atoms with Crippen LogP contribution in [0.25, 0.3) is 0 Å². The van der Waals surface area contributed by atoms with E-state index in [0.717, 1.165) is 6.92 Å².